The first-order chi connectivity index (χ1) is 14.8. The second-order valence-corrected chi connectivity index (χ2v) is 8.94. The number of sulfonamides is 1. The molecule has 3 heterocycles. The molecule has 2 aliphatic rings. The number of nitrogens with two attached hydrogens (primary N) is 2. The highest BCUT2D eigenvalue weighted by atomic mass is 32.2. The molecule has 2 aromatic rings. The van der Waals surface area contributed by atoms with Crippen molar-refractivity contribution < 1.29 is 13.2 Å². The van der Waals surface area contributed by atoms with Gasteiger partial charge in [0.25, 0.3) is 0 Å². The summed E-state index contributed by atoms with van der Waals surface area (Å²) in [5.74, 6) is 1.81. The molecule has 0 atom stereocenters. The van der Waals surface area contributed by atoms with Crippen LogP contribution in [0, 0.1) is 0 Å². The molecule has 0 unspecified atom stereocenters. The van der Waals surface area contributed by atoms with Gasteiger partial charge in [0.2, 0.25) is 16.0 Å². The van der Waals surface area contributed by atoms with Crippen molar-refractivity contribution in [1.82, 2.24) is 14.9 Å². The van der Waals surface area contributed by atoms with Crippen LogP contribution in [0.5, 0.6) is 0 Å². The second-order valence-electron chi connectivity index (χ2n) is 7.38. The van der Waals surface area contributed by atoms with Gasteiger partial charge in [-0.1, -0.05) is 12.1 Å². The minimum absolute atomic E-state index is 0.0254. The quantitative estimate of drug-likeness (QED) is 0.613. The number of benzene rings is 1. The molecule has 1 aromatic carbocycles. The number of nitrogens with zero attached hydrogens (tertiary/aromatic N) is 4. The van der Waals surface area contributed by atoms with Gasteiger partial charge < -0.3 is 25.6 Å². The Labute approximate surface area is 181 Å². The van der Waals surface area contributed by atoms with E-state index in [0.29, 0.717) is 56.1 Å². The van der Waals surface area contributed by atoms with Crippen LogP contribution in [0.25, 0.3) is 5.57 Å². The standard InChI is InChI=1S/C20H25N7O3S/c1-26-13-14(5-6-18(26)21)17-12-19(25-20(24-17)27-7-9-30-10-8-27)23-15-3-2-4-16(11-15)31(22,28)29/h2-6,11-12H,7-10,13,21H2,1H3,(H2,22,28,29)(H,23,24,25). The third kappa shape index (κ3) is 4.95. The molecular weight excluding hydrogens is 418 g/mol. The number of morpholine rings is 1. The smallest absolute Gasteiger partial charge is 0.238 e. The third-order valence-electron chi connectivity index (χ3n) is 5.08. The van der Waals surface area contributed by atoms with Crippen molar-refractivity contribution in [3.05, 3.63) is 54.0 Å². The lowest BCUT2D eigenvalue weighted by molar-refractivity contribution is 0.122. The van der Waals surface area contributed by atoms with Crippen LogP contribution in [-0.2, 0) is 14.8 Å². The lowest BCUT2D eigenvalue weighted by Gasteiger charge is -2.28. The number of rotatable bonds is 5. The van der Waals surface area contributed by atoms with Crippen LogP contribution in [0.4, 0.5) is 17.5 Å². The molecule has 0 bridgehead atoms. The Morgan fingerprint density at radius 2 is 1.90 bits per heavy atom. The molecule has 0 aliphatic carbocycles. The van der Waals surface area contributed by atoms with Crippen molar-refractivity contribution in [3.63, 3.8) is 0 Å². The van der Waals surface area contributed by atoms with Gasteiger partial charge in [-0.25, -0.2) is 18.5 Å². The van der Waals surface area contributed by atoms with E-state index in [1.807, 2.05) is 30.2 Å². The predicted octanol–water partition coefficient (Wildman–Crippen LogP) is 0.833. The molecule has 31 heavy (non-hydrogen) atoms. The van der Waals surface area contributed by atoms with Crippen molar-refractivity contribution >= 4 is 33.0 Å². The van der Waals surface area contributed by atoms with E-state index in [-0.39, 0.29) is 4.90 Å². The summed E-state index contributed by atoms with van der Waals surface area (Å²) in [4.78, 5) is 13.5. The van der Waals surface area contributed by atoms with E-state index in [0.717, 1.165) is 11.3 Å². The SMILES string of the molecule is CN1CC(c2cc(Nc3cccc(S(N)(=O)=O)c3)nc(N3CCOCC3)n2)=CC=C1N. The summed E-state index contributed by atoms with van der Waals surface area (Å²) >= 11 is 0. The van der Waals surface area contributed by atoms with Crippen molar-refractivity contribution in [2.24, 2.45) is 10.9 Å². The number of ether oxygens (including phenoxy) is 1. The van der Waals surface area contributed by atoms with E-state index in [1.54, 1.807) is 12.1 Å². The van der Waals surface area contributed by atoms with E-state index in [4.69, 9.17) is 20.6 Å². The van der Waals surface area contributed by atoms with Crippen LogP contribution in [0.3, 0.4) is 0 Å². The summed E-state index contributed by atoms with van der Waals surface area (Å²) in [7, 11) is -1.89. The number of hydrogen-bond acceptors (Lipinski definition) is 9. The highest BCUT2D eigenvalue weighted by Crippen LogP contribution is 2.26. The summed E-state index contributed by atoms with van der Waals surface area (Å²) in [5.41, 5.74) is 8.28. The minimum Gasteiger partial charge on any atom is -0.385 e. The van der Waals surface area contributed by atoms with Gasteiger partial charge in [-0.15, -0.1) is 0 Å². The molecule has 0 spiro atoms. The highest BCUT2D eigenvalue weighted by Gasteiger charge is 2.19. The van der Waals surface area contributed by atoms with Gasteiger partial charge in [0.15, 0.2) is 0 Å². The summed E-state index contributed by atoms with van der Waals surface area (Å²) in [5, 5.41) is 8.44. The molecule has 0 amide bonds. The Bertz CT molecular complexity index is 1140. The topological polar surface area (TPSA) is 140 Å². The number of likely N-dealkylation sites (N-methyl/N-ethyl adjacent to an activating group) is 1. The molecule has 1 aromatic heterocycles. The molecule has 0 radical (unpaired) electrons. The van der Waals surface area contributed by atoms with Crippen LogP contribution in [0.2, 0.25) is 0 Å². The second kappa shape index (κ2) is 8.53. The molecule has 164 valence electrons. The summed E-state index contributed by atoms with van der Waals surface area (Å²) in [6.45, 7) is 3.21. The van der Waals surface area contributed by atoms with E-state index in [9.17, 15) is 8.42 Å². The van der Waals surface area contributed by atoms with E-state index in [1.165, 1.54) is 12.1 Å². The van der Waals surface area contributed by atoms with Crippen molar-refractivity contribution in [2.45, 2.75) is 4.90 Å². The summed E-state index contributed by atoms with van der Waals surface area (Å²) < 4.78 is 28.8. The first kappa shape index (κ1) is 21.1. The number of aromatic nitrogens is 2. The van der Waals surface area contributed by atoms with Gasteiger partial charge in [-0.2, -0.15) is 4.98 Å². The monoisotopic (exact) mass is 443 g/mol. The minimum atomic E-state index is -3.81. The Morgan fingerprint density at radius 1 is 1.13 bits per heavy atom. The third-order valence-corrected chi connectivity index (χ3v) is 5.99. The first-order valence-electron chi connectivity index (χ1n) is 9.79. The number of allylic oxidation sites excluding steroid dienone is 2. The van der Waals surface area contributed by atoms with E-state index in [2.05, 4.69) is 15.2 Å². The molecule has 10 nitrogen and oxygen atoms in total. The maximum atomic E-state index is 11.7. The zero-order chi connectivity index (χ0) is 22.0. The zero-order valence-corrected chi connectivity index (χ0v) is 18.0. The molecular formula is C20H25N7O3S. The average Bonchev–Trinajstić information content (AvgIpc) is 2.76. The van der Waals surface area contributed by atoms with Gasteiger partial charge in [-0.05, 0) is 29.8 Å². The lowest BCUT2D eigenvalue weighted by atomic mass is 10.1. The van der Waals surface area contributed by atoms with Crippen molar-refractivity contribution in [1.29, 1.82) is 0 Å². The molecule has 0 saturated carbocycles. The normalized spacial score (nSPS) is 17.2. The Morgan fingerprint density at radius 3 is 2.61 bits per heavy atom. The van der Waals surface area contributed by atoms with Gasteiger partial charge >= 0.3 is 0 Å². The lowest BCUT2D eigenvalue weighted by Crippen LogP contribution is -2.37. The number of primary sulfonamides is 1. The summed E-state index contributed by atoms with van der Waals surface area (Å²) in [6, 6.07) is 8.14. The Balaban J connectivity index is 1.71. The van der Waals surface area contributed by atoms with Crippen LogP contribution in [0.15, 0.2) is 53.2 Å². The predicted molar refractivity (Wildman–Crippen MR) is 119 cm³/mol. The Hall–Kier alpha value is -3.15. The maximum absolute atomic E-state index is 11.7. The van der Waals surface area contributed by atoms with Crippen LogP contribution in [-0.4, -0.2) is 63.2 Å². The van der Waals surface area contributed by atoms with Gasteiger partial charge in [0.1, 0.15) is 5.82 Å². The molecule has 1 fully saturated rings. The molecule has 4 rings (SSSR count). The summed E-state index contributed by atoms with van der Waals surface area (Å²) in [6.07, 6.45) is 3.80. The molecule has 1 saturated heterocycles. The first-order valence-corrected chi connectivity index (χ1v) is 11.3. The van der Waals surface area contributed by atoms with Gasteiger partial charge in [0, 0.05) is 38.4 Å². The van der Waals surface area contributed by atoms with E-state index >= 15 is 0 Å². The fourth-order valence-corrected chi connectivity index (χ4v) is 3.91. The van der Waals surface area contributed by atoms with Gasteiger partial charge in [0.05, 0.1) is 29.6 Å². The van der Waals surface area contributed by atoms with Crippen LogP contribution in [0.1, 0.15) is 5.69 Å². The zero-order valence-electron chi connectivity index (χ0n) is 17.2. The van der Waals surface area contributed by atoms with Crippen molar-refractivity contribution in [3.8, 4) is 0 Å². The van der Waals surface area contributed by atoms with E-state index < -0.39 is 10.0 Å². The van der Waals surface area contributed by atoms with Crippen LogP contribution >= 0.6 is 0 Å². The number of nitrogens with one attached hydrogen (secondary N) is 1. The van der Waals surface area contributed by atoms with Crippen molar-refractivity contribution in [2.75, 3.05) is 50.1 Å². The number of anilines is 3. The largest absolute Gasteiger partial charge is 0.385 e. The molecule has 5 N–H and O–H groups in total. The Kier molecular flexibility index (Phi) is 5.81. The van der Waals surface area contributed by atoms with Gasteiger partial charge in [-0.3, -0.25) is 0 Å². The highest BCUT2D eigenvalue weighted by molar-refractivity contribution is 7.89. The fourth-order valence-electron chi connectivity index (χ4n) is 3.35. The molecule has 11 heteroatoms. The van der Waals surface area contributed by atoms with Crippen LogP contribution < -0.4 is 21.1 Å². The number of hydrogen-bond donors (Lipinski definition) is 3. The maximum Gasteiger partial charge on any atom is 0.238 e. The fraction of sp³-hybridized carbons (Fsp3) is 0.300. The average molecular weight is 444 g/mol. The molecule has 2 aliphatic heterocycles.